The molecule has 1 heterocycles. The lowest BCUT2D eigenvalue weighted by molar-refractivity contribution is -0.350. The monoisotopic (exact) mass is 427 g/mol. The highest BCUT2D eigenvalue weighted by molar-refractivity contribution is 9.10. The molecule has 0 aliphatic heterocycles. The predicted molar refractivity (Wildman–Crippen MR) is 68.5 cm³/mol. The molecule has 0 N–H and O–H groups in total. The minimum atomic E-state index is -6.66. The lowest BCUT2D eigenvalue weighted by Gasteiger charge is -2.30. The number of rotatable bonds is 2. The highest BCUT2D eigenvalue weighted by Crippen LogP contribution is 2.55. The second-order valence-electron chi connectivity index (χ2n) is 4.46. The van der Waals surface area contributed by atoms with Crippen LogP contribution >= 0.6 is 15.9 Å². The van der Waals surface area contributed by atoms with Gasteiger partial charge in [0.1, 0.15) is 4.60 Å². The van der Waals surface area contributed by atoms with Crippen molar-refractivity contribution in [3.05, 3.63) is 27.5 Å². The lowest BCUT2D eigenvalue weighted by Crippen LogP contribution is -2.51. The molecule has 24 heavy (non-hydrogen) atoms. The molecular weight excluding hydrogens is 421 g/mol. The molecule has 134 valence electrons. The van der Waals surface area contributed by atoms with Crippen LogP contribution in [-0.4, -0.2) is 17.3 Å². The molecule has 0 fully saturated rings. The third-order valence-electron chi connectivity index (χ3n) is 2.75. The molecule has 0 aliphatic rings. The summed E-state index contributed by atoms with van der Waals surface area (Å²) in [5, 5.41) is 0. The molecule has 0 aromatic carbocycles. The van der Waals surface area contributed by atoms with Crippen molar-refractivity contribution in [2.75, 3.05) is 0 Å². The second-order valence-corrected chi connectivity index (χ2v) is 5.21. The number of halogens is 10. The zero-order chi connectivity index (χ0) is 18.9. The summed E-state index contributed by atoms with van der Waals surface area (Å²) in [6.45, 7) is 1.64. The molecular formula is C13H7BrF9N. The summed E-state index contributed by atoms with van der Waals surface area (Å²) in [7, 11) is 0. The minimum absolute atomic E-state index is 0.116. The average molecular weight is 428 g/mol. The normalized spacial score (nSPS) is 12.8. The van der Waals surface area contributed by atoms with Crippen molar-refractivity contribution in [1.29, 1.82) is 0 Å². The van der Waals surface area contributed by atoms with Crippen molar-refractivity contribution < 1.29 is 39.5 Å². The SMILES string of the molecule is CCCC#Cc1nc(Br)c(F)c(C(F)(C(F)(F)F)C(F)(F)F)c1F. The number of hydrogen-bond donors (Lipinski definition) is 0. The third kappa shape index (κ3) is 3.48. The minimum Gasteiger partial charge on any atom is -0.226 e. The number of unbranched alkanes of at least 4 members (excludes halogenated alkanes) is 1. The fourth-order valence-electron chi connectivity index (χ4n) is 1.61. The molecule has 0 spiro atoms. The van der Waals surface area contributed by atoms with Crippen molar-refractivity contribution in [3.8, 4) is 11.8 Å². The van der Waals surface area contributed by atoms with E-state index < -0.39 is 45.5 Å². The van der Waals surface area contributed by atoms with Crippen LogP contribution in [0.4, 0.5) is 39.5 Å². The van der Waals surface area contributed by atoms with E-state index in [4.69, 9.17) is 0 Å². The Morgan fingerprint density at radius 1 is 0.958 bits per heavy atom. The zero-order valence-corrected chi connectivity index (χ0v) is 13.2. The second kappa shape index (κ2) is 6.82. The highest BCUT2D eigenvalue weighted by atomic mass is 79.9. The molecule has 0 aliphatic carbocycles. The van der Waals surface area contributed by atoms with Crippen LogP contribution in [0, 0.1) is 23.5 Å². The Balaban J connectivity index is 3.84. The van der Waals surface area contributed by atoms with Gasteiger partial charge in [-0.3, -0.25) is 0 Å². The summed E-state index contributed by atoms with van der Waals surface area (Å²) < 4.78 is 117. The summed E-state index contributed by atoms with van der Waals surface area (Å²) >= 11 is 2.24. The van der Waals surface area contributed by atoms with Gasteiger partial charge in [0.05, 0.1) is 5.56 Å². The Labute approximate surface area is 138 Å². The topological polar surface area (TPSA) is 12.9 Å². The van der Waals surface area contributed by atoms with Gasteiger partial charge in [-0.1, -0.05) is 12.8 Å². The van der Waals surface area contributed by atoms with Crippen molar-refractivity contribution in [3.63, 3.8) is 0 Å². The number of hydrogen-bond acceptors (Lipinski definition) is 1. The van der Waals surface area contributed by atoms with Crippen molar-refractivity contribution >= 4 is 15.9 Å². The van der Waals surface area contributed by atoms with Crippen molar-refractivity contribution in [2.24, 2.45) is 0 Å². The van der Waals surface area contributed by atoms with Crippen LogP contribution in [0.15, 0.2) is 4.60 Å². The fraction of sp³-hybridized carbons (Fsp3) is 0.462. The van der Waals surface area contributed by atoms with E-state index >= 15 is 0 Å². The standard InChI is InChI=1S/C13H7BrF9N/c1-2-3-4-5-6-8(15)7(9(16)10(14)24-6)11(17,12(18,19)20)13(21,22)23/h2-3H2,1H3. The molecule has 0 saturated heterocycles. The number of nitrogens with zero attached hydrogens (tertiary/aromatic N) is 1. The van der Waals surface area contributed by atoms with Gasteiger partial charge >= 0.3 is 18.0 Å². The maximum Gasteiger partial charge on any atom is 0.436 e. The van der Waals surface area contributed by atoms with Crippen LogP contribution in [0.5, 0.6) is 0 Å². The number of aromatic nitrogens is 1. The smallest absolute Gasteiger partial charge is 0.226 e. The Morgan fingerprint density at radius 2 is 1.46 bits per heavy atom. The van der Waals surface area contributed by atoms with Crippen LogP contribution in [0.1, 0.15) is 31.0 Å². The van der Waals surface area contributed by atoms with E-state index in [9.17, 15) is 39.5 Å². The van der Waals surface area contributed by atoms with Gasteiger partial charge in [0.2, 0.25) is 0 Å². The summed E-state index contributed by atoms with van der Waals surface area (Å²) in [6, 6.07) is 0. The first-order chi connectivity index (χ1) is 10.8. The van der Waals surface area contributed by atoms with Crippen LogP contribution in [0.2, 0.25) is 0 Å². The summed E-state index contributed by atoms with van der Waals surface area (Å²) in [4.78, 5) is 3.07. The van der Waals surface area contributed by atoms with Gasteiger partial charge in [-0.15, -0.1) is 0 Å². The molecule has 0 bridgehead atoms. The van der Waals surface area contributed by atoms with E-state index in [0.29, 0.717) is 6.42 Å². The van der Waals surface area contributed by atoms with Gasteiger partial charge in [0.25, 0.3) is 0 Å². The first-order valence-corrected chi connectivity index (χ1v) is 6.94. The Morgan fingerprint density at radius 3 is 1.88 bits per heavy atom. The number of alkyl halides is 7. The molecule has 11 heteroatoms. The first kappa shape index (κ1) is 20.6. The Bertz CT molecular complexity index is 668. The molecule has 1 aromatic heterocycles. The molecule has 0 unspecified atom stereocenters. The van der Waals surface area contributed by atoms with Crippen LogP contribution in [0.3, 0.4) is 0 Å². The van der Waals surface area contributed by atoms with E-state index in [2.05, 4.69) is 26.8 Å². The molecule has 0 radical (unpaired) electrons. The van der Waals surface area contributed by atoms with Gasteiger partial charge < -0.3 is 0 Å². The van der Waals surface area contributed by atoms with E-state index in [-0.39, 0.29) is 6.42 Å². The van der Waals surface area contributed by atoms with E-state index in [0.717, 1.165) is 0 Å². The van der Waals surface area contributed by atoms with Gasteiger partial charge in [0, 0.05) is 6.42 Å². The maximum absolute atomic E-state index is 14.0. The summed E-state index contributed by atoms with van der Waals surface area (Å²) in [5.41, 5.74) is -10.4. The Hall–Kier alpha value is -1.44. The van der Waals surface area contributed by atoms with Gasteiger partial charge in [-0.25, -0.2) is 18.2 Å². The largest absolute Gasteiger partial charge is 0.436 e. The van der Waals surface area contributed by atoms with Gasteiger partial charge in [-0.05, 0) is 28.3 Å². The van der Waals surface area contributed by atoms with Gasteiger partial charge in [0.15, 0.2) is 17.3 Å². The molecule has 1 aromatic rings. The van der Waals surface area contributed by atoms with Crippen molar-refractivity contribution in [2.45, 2.75) is 37.8 Å². The number of pyridine rings is 1. The molecule has 1 rings (SSSR count). The first-order valence-electron chi connectivity index (χ1n) is 6.15. The molecule has 1 nitrogen and oxygen atoms in total. The quantitative estimate of drug-likeness (QED) is 0.342. The summed E-state index contributed by atoms with van der Waals surface area (Å²) in [6.07, 6.45) is -12.8. The van der Waals surface area contributed by atoms with Crippen LogP contribution in [-0.2, 0) is 5.67 Å². The van der Waals surface area contributed by atoms with Crippen LogP contribution < -0.4 is 0 Å². The maximum atomic E-state index is 14.0. The van der Waals surface area contributed by atoms with Crippen molar-refractivity contribution in [1.82, 2.24) is 4.98 Å². The Kier molecular flexibility index (Phi) is 5.85. The van der Waals surface area contributed by atoms with Gasteiger partial charge in [-0.2, -0.15) is 26.3 Å². The van der Waals surface area contributed by atoms with E-state index in [1.54, 1.807) is 6.92 Å². The van der Waals surface area contributed by atoms with E-state index in [1.807, 2.05) is 5.92 Å². The highest BCUT2D eigenvalue weighted by Gasteiger charge is 2.75. The fourth-order valence-corrected chi connectivity index (χ4v) is 1.99. The summed E-state index contributed by atoms with van der Waals surface area (Å²) in [5.74, 6) is -0.837. The third-order valence-corrected chi connectivity index (χ3v) is 3.27. The molecule has 0 amide bonds. The average Bonchev–Trinajstić information content (AvgIpc) is 2.42. The zero-order valence-electron chi connectivity index (χ0n) is 11.6. The van der Waals surface area contributed by atoms with Crippen LogP contribution in [0.25, 0.3) is 0 Å². The predicted octanol–water partition coefficient (Wildman–Crippen LogP) is 5.56. The van der Waals surface area contributed by atoms with E-state index in [1.165, 1.54) is 0 Å². The molecule has 0 saturated carbocycles. The molecule has 0 atom stereocenters. The lowest BCUT2D eigenvalue weighted by atomic mass is 9.93.